The molecule has 15 heavy (non-hydrogen) atoms. The molecule has 0 amide bonds. The maximum absolute atomic E-state index is 11.1. The van der Waals surface area contributed by atoms with Crippen LogP contribution in [0.4, 0.5) is 0 Å². The fourth-order valence-electron chi connectivity index (χ4n) is 3.15. The molecule has 2 aliphatic heterocycles. The van der Waals surface area contributed by atoms with Crippen LogP contribution in [0.15, 0.2) is 0 Å². The van der Waals surface area contributed by atoms with Crippen molar-refractivity contribution in [2.75, 3.05) is 12.8 Å². The van der Waals surface area contributed by atoms with Crippen LogP contribution in [0, 0.1) is 5.92 Å². The fourth-order valence-corrected chi connectivity index (χ4v) is 4.52. The van der Waals surface area contributed by atoms with Crippen LogP contribution in [-0.2, 0) is 9.05 Å². The van der Waals surface area contributed by atoms with Gasteiger partial charge >= 0.3 is 0 Å². The number of fused-ring (bicyclic) bond motifs is 2. The Morgan fingerprint density at radius 1 is 1.27 bits per heavy atom. The highest BCUT2D eigenvalue weighted by Crippen LogP contribution is 2.36. The van der Waals surface area contributed by atoms with E-state index < -0.39 is 9.05 Å². The molecular formula is C10H18ClNO2S. The highest BCUT2D eigenvalue weighted by molar-refractivity contribution is 8.13. The molecule has 0 spiro atoms. The summed E-state index contributed by atoms with van der Waals surface area (Å²) < 4.78 is 22.1. The highest BCUT2D eigenvalue weighted by atomic mass is 35.7. The fraction of sp³-hybridized carbons (Fsp3) is 1.00. The first-order valence-corrected chi connectivity index (χ1v) is 8.08. The Morgan fingerprint density at radius 3 is 2.27 bits per heavy atom. The molecule has 0 aromatic heterocycles. The summed E-state index contributed by atoms with van der Waals surface area (Å²) >= 11 is 0. The van der Waals surface area contributed by atoms with Crippen molar-refractivity contribution < 1.29 is 8.42 Å². The summed E-state index contributed by atoms with van der Waals surface area (Å²) in [5.74, 6) is 0.439. The summed E-state index contributed by atoms with van der Waals surface area (Å²) in [4.78, 5) is 2.43. The van der Waals surface area contributed by atoms with Gasteiger partial charge in [0, 0.05) is 22.8 Å². The molecule has 2 fully saturated rings. The third-order valence-corrected chi connectivity index (χ3v) is 5.12. The number of halogens is 1. The predicted octanol–water partition coefficient (Wildman–Crippen LogP) is 1.82. The smallest absolute Gasteiger partial charge is 0.232 e. The van der Waals surface area contributed by atoms with Gasteiger partial charge in [-0.15, -0.1) is 0 Å². The molecule has 2 heterocycles. The minimum Gasteiger partial charge on any atom is -0.300 e. The van der Waals surface area contributed by atoms with Crippen LogP contribution in [0.3, 0.4) is 0 Å². The number of hydrogen-bond donors (Lipinski definition) is 0. The minimum absolute atomic E-state index is 0.162. The van der Waals surface area contributed by atoms with Crippen molar-refractivity contribution in [3.05, 3.63) is 0 Å². The monoisotopic (exact) mass is 251 g/mol. The van der Waals surface area contributed by atoms with Gasteiger partial charge in [-0.25, -0.2) is 8.42 Å². The van der Waals surface area contributed by atoms with Crippen LogP contribution < -0.4 is 0 Å². The van der Waals surface area contributed by atoms with Crippen molar-refractivity contribution in [3.8, 4) is 0 Å². The second-order valence-corrected chi connectivity index (χ2v) is 7.77. The number of rotatable bonds is 2. The molecular weight excluding hydrogens is 234 g/mol. The lowest BCUT2D eigenvalue weighted by Crippen LogP contribution is -2.50. The average Bonchev–Trinajstić information content (AvgIpc) is 2.04. The second kappa shape index (κ2) is 4.22. The van der Waals surface area contributed by atoms with E-state index in [-0.39, 0.29) is 11.7 Å². The lowest BCUT2D eigenvalue weighted by atomic mass is 9.79. The molecule has 0 saturated carbocycles. The van der Waals surface area contributed by atoms with Crippen LogP contribution in [0.25, 0.3) is 0 Å². The van der Waals surface area contributed by atoms with Crippen molar-refractivity contribution >= 4 is 19.7 Å². The van der Waals surface area contributed by atoms with Gasteiger partial charge in [-0.3, -0.25) is 0 Å². The van der Waals surface area contributed by atoms with Gasteiger partial charge in [0.25, 0.3) is 0 Å². The van der Waals surface area contributed by atoms with Gasteiger partial charge in [0.2, 0.25) is 9.05 Å². The molecule has 0 radical (unpaired) electrons. The van der Waals surface area contributed by atoms with Crippen LogP contribution >= 0.6 is 10.7 Å². The molecule has 2 atom stereocenters. The molecule has 2 bridgehead atoms. The average molecular weight is 252 g/mol. The molecule has 2 aliphatic rings. The Bertz CT molecular complexity index is 316. The van der Waals surface area contributed by atoms with Crippen LogP contribution in [0.2, 0.25) is 0 Å². The lowest BCUT2D eigenvalue weighted by molar-refractivity contribution is 0.0424. The van der Waals surface area contributed by atoms with Crippen molar-refractivity contribution in [1.29, 1.82) is 0 Å². The van der Waals surface area contributed by atoms with Gasteiger partial charge < -0.3 is 4.90 Å². The van der Waals surface area contributed by atoms with Gasteiger partial charge in [-0.05, 0) is 38.6 Å². The second-order valence-electron chi connectivity index (χ2n) is 4.95. The molecule has 88 valence electrons. The standard InChI is InChI=1S/C10H18ClNO2S/c1-12-9-3-2-4-10(12)6-8(5-9)7-15(11,13)14/h8-10H,2-7H2,1H3. The quantitative estimate of drug-likeness (QED) is 0.703. The summed E-state index contributed by atoms with van der Waals surface area (Å²) in [6.07, 6.45) is 5.72. The summed E-state index contributed by atoms with van der Waals surface area (Å²) in [7, 11) is 4.17. The van der Waals surface area contributed by atoms with Gasteiger partial charge in [-0.1, -0.05) is 6.42 Å². The molecule has 2 saturated heterocycles. The molecule has 2 rings (SSSR count). The van der Waals surface area contributed by atoms with E-state index in [0.717, 1.165) is 12.8 Å². The normalized spacial score (nSPS) is 37.9. The molecule has 2 unspecified atom stereocenters. The topological polar surface area (TPSA) is 37.4 Å². The number of piperidine rings is 2. The first-order valence-electron chi connectivity index (χ1n) is 5.60. The van der Waals surface area contributed by atoms with Crippen molar-refractivity contribution in [2.24, 2.45) is 5.92 Å². The minimum atomic E-state index is -3.32. The molecule has 3 nitrogen and oxygen atoms in total. The van der Waals surface area contributed by atoms with Crippen molar-refractivity contribution in [3.63, 3.8) is 0 Å². The van der Waals surface area contributed by atoms with Crippen LogP contribution in [-0.4, -0.2) is 38.2 Å². The SMILES string of the molecule is CN1C2CCCC1CC(CS(=O)(=O)Cl)C2. The molecule has 0 aliphatic carbocycles. The third-order valence-electron chi connectivity index (χ3n) is 3.87. The lowest BCUT2D eigenvalue weighted by Gasteiger charge is -2.46. The summed E-state index contributed by atoms with van der Waals surface area (Å²) in [6, 6.07) is 1.17. The van der Waals surface area contributed by atoms with E-state index in [0.29, 0.717) is 12.1 Å². The Kier molecular flexibility index (Phi) is 3.29. The molecule has 0 N–H and O–H groups in total. The van der Waals surface area contributed by atoms with E-state index in [1.54, 1.807) is 0 Å². The molecule has 0 aromatic rings. The summed E-state index contributed by atoms with van der Waals surface area (Å²) in [5, 5.41) is 0. The maximum atomic E-state index is 11.1. The zero-order valence-electron chi connectivity index (χ0n) is 9.02. The van der Waals surface area contributed by atoms with Gasteiger partial charge in [0.05, 0.1) is 5.75 Å². The van der Waals surface area contributed by atoms with Gasteiger partial charge in [-0.2, -0.15) is 0 Å². The van der Waals surface area contributed by atoms with Crippen molar-refractivity contribution in [2.45, 2.75) is 44.2 Å². The van der Waals surface area contributed by atoms with Crippen LogP contribution in [0.1, 0.15) is 32.1 Å². The van der Waals surface area contributed by atoms with Crippen LogP contribution in [0.5, 0.6) is 0 Å². The van der Waals surface area contributed by atoms with Crippen molar-refractivity contribution in [1.82, 2.24) is 4.90 Å². The first kappa shape index (κ1) is 11.7. The largest absolute Gasteiger partial charge is 0.300 e. The Balaban J connectivity index is 2.01. The number of hydrogen-bond acceptors (Lipinski definition) is 3. The predicted molar refractivity (Wildman–Crippen MR) is 61.6 cm³/mol. The summed E-state index contributed by atoms with van der Waals surface area (Å²) in [5.41, 5.74) is 0. The molecule has 0 aromatic carbocycles. The maximum Gasteiger partial charge on any atom is 0.232 e. The van der Waals surface area contributed by atoms with E-state index >= 15 is 0 Å². The third kappa shape index (κ3) is 2.86. The van der Waals surface area contributed by atoms with E-state index in [9.17, 15) is 8.42 Å². The van der Waals surface area contributed by atoms with E-state index in [1.807, 2.05) is 0 Å². The first-order chi connectivity index (χ1) is 6.96. The summed E-state index contributed by atoms with van der Waals surface area (Å²) in [6.45, 7) is 0. The van der Waals surface area contributed by atoms with E-state index in [4.69, 9.17) is 10.7 Å². The van der Waals surface area contributed by atoms with Gasteiger partial charge in [0.15, 0.2) is 0 Å². The van der Waals surface area contributed by atoms with Gasteiger partial charge in [0.1, 0.15) is 0 Å². The Hall–Kier alpha value is 0.200. The number of nitrogens with zero attached hydrogens (tertiary/aromatic N) is 1. The Labute approximate surface area is 96.2 Å². The zero-order valence-corrected chi connectivity index (χ0v) is 10.6. The van der Waals surface area contributed by atoms with E-state index in [2.05, 4.69) is 11.9 Å². The highest BCUT2D eigenvalue weighted by Gasteiger charge is 2.37. The Morgan fingerprint density at radius 2 is 1.80 bits per heavy atom. The molecule has 5 heteroatoms. The zero-order chi connectivity index (χ0) is 11.1. The van der Waals surface area contributed by atoms with E-state index in [1.165, 1.54) is 19.3 Å².